The van der Waals surface area contributed by atoms with Crippen LogP contribution in [-0.4, -0.2) is 0 Å². The fourth-order valence-electron chi connectivity index (χ4n) is 5.69. The van der Waals surface area contributed by atoms with Gasteiger partial charge in [-0.25, -0.2) is 35.1 Å². The minimum Gasteiger partial charge on any atom is -0.203 e. The lowest BCUT2D eigenvalue weighted by molar-refractivity contribution is -0.143. The van der Waals surface area contributed by atoms with Crippen molar-refractivity contribution in [2.45, 2.75) is 25.9 Å². The van der Waals surface area contributed by atoms with Gasteiger partial charge in [0.05, 0.1) is 16.7 Å². The number of nitriles is 2. The van der Waals surface area contributed by atoms with Crippen LogP contribution in [-0.2, 0) is 19.0 Å². The predicted molar refractivity (Wildman–Crippen MR) is 139 cm³/mol. The van der Waals surface area contributed by atoms with Gasteiger partial charge in [-0.1, -0.05) is 0 Å². The van der Waals surface area contributed by atoms with Crippen molar-refractivity contribution in [2.24, 2.45) is 0 Å². The average Bonchev–Trinajstić information content (AvgIpc) is 3.56. The minimum absolute atomic E-state index is 0.123. The molecule has 15 heteroatoms. The molecule has 0 atom stereocenters. The summed E-state index contributed by atoms with van der Waals surface area (Å²) >= 11 is 0. The summed E-state index contributed by atoms with van der Waals surface area (Å²) in [7, 11) is 0. The Hall–Kier alpha value is -5.93. The zero-order valence-corrected chi connectivity index (χ0v) is 23.0. The molecule has 0 saturated carbocycles. The third kappa shape index (κ3) is 4.62. The van der Waals surface area contributed by atoms with Gasteiger partial charge < -0.3 is 0 Å². The van der Waals surface area contributed by atoms with Gasteiger partial charge in [-0.15, -0.1) is 0 Å². The normalized spacial score (nSPS) is 13.5. The molecular weight excluding hydrogens is 649 g/mol. The highest BCUT2D eigenvalue weighted by Crippen LogP contribution is 2.42. The second-order valence-electron chi connectivity index (χ2n) is 10.1. The molecule has 0 heterocycles. The van der Waals surface area contributed by atoms with Crippen LogP contribution < -0.4 is 10.4 Å². The van der Waals surface area contributed by atoms with Crippen molar-refractivity contribution in [1.29, 1.82) is 10.5 Å². The highest BCUT2D eigenvalue weighted by molar-refractivity contribution is 5.89. The van der Waals surface area contributed by atoms with Crippen LogP contribution in [0.15, 0.2) is 34.7 Å². The van der Waals surface area contributed by atoms with Crippen LogP contribution in [0.2, 0.25) is 0 Å². The van der Waals surface area contributed by atoms with Crippen LogP contribution in [0.3, 0.4) is 0 Å². The van der Waals surface area contributed by atoms with Crippen molar-refractivity contribution in [1.82, 2.24) is 0 Å². The number of fused-ring (bicyclic) bond motifs is 2. The summed E-state index contributed by atoms with van der Waals surface area (Å²) in [6.07, 6.45) is -7.12. The molecule has 3 aromatic carbocycles. The van der Waals surface area contributed by atoms with Gasteiger partial charge in [-0.05, 0) is 58.2 Å². The Bertz CT molecular complexity index is 2280. The van der Waals surface area contributed by atoms with E-state index in [0.717, 1.165) is 19.1 Å². The number of benzene rings is 3. The first-order chi connectivity index (χ1) is 22.0. The molecule has 2 aliphatic carbocycles. The maximum Gasteiger partial charge on any atom is 0.523 e. The largest absolute Gasteiger partial charge is 0.523 e. The van der Waals surface area contributed by atoms with E-state index >= 15 is 17.6 Å². The third-order valence-electron chi connectivity index (χ3n) is 7.74. The molecule has 4 nitrogen and oxygen atoms in total. The molecule has 0 amide bonds. The van der Waals surface area contributed by atoms with Gasteiger partial charge in [0.2, 0.25) is 0 Å². The van der Waals surface area contributed by atoms with Gasteiger partial charge in [0, 0.05) is 17.6 Å². The molecule has 2 aliphatic rings. The first-order valence-corrected chi connectivity index (χ1v) is 12.7. The second kappa shape index (κ2) is 11.1. The Kier molecular flexibility index (Phi) is 7.70. The van der Waals surface area contributed by atoms with E-state index in [-0.39, 0.29) is 16.3 Å². The highest BCUT2D eigenvalue weighted by Gasteiger charge is 2.44. The van der Waals surface area contributed by atoms with E-state index < -0.39 is 127 Å². The lowest BCUT2D eigenvalue weighted by Gasteiger charge is -2.16. The Morgan fingerprint density at radius 2 is 1.04 bits per heavy atom. The zero-order valence-electron chi connectivity index (χ0n) is 23.0. The van der Waals surface area contributed by atoms with Gasteiger partial charge in [0.15, 0.2) is 46.5 Å². The molecule has 0 unspecified atom stereocenters. The van der Waals surface area contributed by atoms with Crippen molar-refractivity contribution < 1.29 is 48.3 Å². The molecule has 234 valence electrons. The molecule has 0 aromatic heterocycles. The molecule has 0 N–H and O–H groups in total. The van der Waals surface area contributed by atoms with Crippen LogP contribution in [0.4, 0.5) is 48.3 Å². The Morgan fingerprint density at radius 3 is 1.43 bits per heavy atom. The predicted octanol–water partition coefficient (Wildman–Crippen LogP) is 7.03. The Balaban J connectivity index is 2.02. The van der Waals surface area contributed by atoms with Crippen LogP contribution in [0.1, 0.15) is 33.4 Å². The smallest absolute Gasteiger partial charge is 0.203 e. The van der Waals surface area contributed by atoms with Crippen molar-refractivity contribution in [3.05, 3.63) is 148 Å². The number of allylic oxidation sites excluding steroid dienone is 3. The molecule has 0 saturated heterocycles. The number of rotatable bonds is 2. The van der Waals surface area contributed by atoms with Crippen molar-refractivity contribution in [2.75, 3.05) is 0 Å². The summed E-state index contributed by atoms with van der Waals surface area (Å²) < 4.78 is 160. The molecule has 0 bridgehead atoms. The Labute approximate surface area is 256 Å². The standard InChI is InChI=1S/C32H9F11N4/c1-10-23(33)25(35)21(26(36)24(10)34)19-15-4-11-6-16(13(8-44)9-45)18(14(11)5-12(15)7-17(19)31(46-2)47-3)20-27(37)29(39)22(32(41,42)43)30(40)28(20)38/h4-5H,6-7H2,1H3. The molecule has 0 aliphatic heterocycles. The van der Waals surface area contributed by atoms with Gasteiger partial charge >= 0.3 is 12.0 Å². The van der Waals surface area contributed by atoms with Gasteiger partial charge in [0.1, 0.15) is 36.4 Å². The summed E-state index contributed by atoms with van der Waals surface area (Å²) in [5.41, 5.74) is -10.6. The average molecular weight is 658 g/mol. The number of alkyl halides is 3. The molecule has 0 fully saturated rings. The molecule has 5 rings (SSSR count). The summed E-state index contributed by atoms with van der Waals surface area (Å²) in [4.78, 5) is 6.00. The number of hydrogen-bond acceptors (Lipinski definition) is 2. The number of nitrogens with zero attached hydrogens (tertiary/aromatic N) is 4. The van der Waals surface area contributed by atoms with Crippen molar-refractivity contribution >= 4 is 11.1 Å². The molecule has 0 radical (unpaired) electrons. The molecule has 47 heavy (non-hydrogen) atoms. The van der Waals surface area contributed by atoms with Crippen molar-refractivity contribution in [3.8, 4) is 12.1 Å². The maximum atomic E-state index is 15.3. The number of hydrogen-bond donors (Lipinski definition) is 0. The SMILES string of the molecule is [C-]#[N+]C([N+]#[C-])=C1Cc2cc3c(cc2=C1c1c(F)c(F)c(C)c(F)c1F)CC(=C(C#N)C#N)C=3c1c(F)c(F)c(C(F)(F)F)c(F)c1F. The van der Waals surface area contributed by atoms with E-state index in [2.05, 4.69) is 9.69 Å². The van der Waals surface area contributed by atoms with E-state index in [1.165, 1.54) is 12.1 Å². The third-order valence-corrected chi connectivity index (χ3v) is 7.74. The van der Waals surface area contributed by atoms with Gasteiger partial charge in [-0.3, -0.25) is 0 Å². The van der Waals surface area contributed by atoms with Gasteiger partial charge in [0.25, 0.3) is 0 Å². The topological polar surface area (TPSA) is 56.3 Å². The second-order valence-corrected chi connectivity index (χ2v) is 10.1. The lowest BCUT2D eigenvalue weighted by atomic mass is 9.93. The number of halogens is 11. The molecule has 3 aromatic rings. The fraction of sp³-hybridized carbons (Fsp3) is 0.125. The summed E-state index contributed by atoms with van der Waals surface area (Å²) in [6, 6.07) is 4.85. The van der Waals surface area contributed by atoms with Crippen LogP contribution in [0.25, 0.3) is 20.8 Å². The summed E-state index contributed by atoms with van der Waals surface area (Å²) in [5, 5.41) is 18.4. The van der Waals surface area contributed by atoms with E-state index in [0.29, 0.717) is 0 Å². The Morgan fingerprint density at radius 1 is 0.660 bits per heavy atom. The van der Waals surface area contributed by atoms with Crippen LogP contribution in [0.5, 0.6) is 0 Å². The fourth-order valence-corrected chi connectivity index (χ4v) is 5.69. The molecular formula is C32H9F11N4. The first kappa shape index (κ1) is 32.5. The monoisotopic (exact) mass is 658 g/mol. The van der Waals surface area contributed by atoms with E-state index in [4.69, 9.17) is 13.1 Å². The van der Waals surface area contributed by atoms with E-state index in [9.17, 15) is 41.3 Å². The quantitative estimate of drug-likeness (QED) is 0.129. The van der Waals surface area contributed by atoms with E-state index in [1.807, 2.05) is 0 Å². The highest BCUT2D eigenvalue weighted by atomic mass is 19.4. The van der Waals surface area contributed by atoms with E-state index in [1.54, 1.807) is 0 Å². The van der Waals surface area contributed by atoms with Gasteiger partial charge in [-0.2, -0.15) is 33.4 Å². The zero-order chi connectivity index (χ0) is 34.9. The maximum absolute atomic E-state index is 15.3. The minimum atomic E-state index is -5.88. The van der Waals surface area contributed by atoms with Crippen LogP contribution in [0, 0.1) is 89.3 Å². The molecule has 0 spiro atoms. The summed E-state index contributed by atoms with van der Waals surface area (Å²) in [6.45, 7) is 15.4. The van der Waals surface area contributed by atoms with Crippen LogP contribution >= 0.6 is 0 Å². The van der Waals surface area contributed by atoms with Crippen molar-refractivity contribution in [3.63, 3.8) is 0 Å². The first-order valence-electron chi connectivity index (χ1n) is 12.7. The lowest BCUT2D eigenvalue weighted by Crippen LogP contribution is -2.20. The summed E-state index contributed by atoms with van der Waals surface area (Å²) in [5.74, 6) is -18.8.